The topological polar surface area (TPSA) is 78.9 Å². The molecule has 2 aliphatic rings. The van der Waals surface area contributed by atoms with Gasteiger partial charge in [0.1, 0.15) is 6.04 Å². The average Bonchev–Trinajstić information content (AvgIpc) is 3.10. The van der Waals surface area contributed by atoms with Gasteiger partial charge in [-0.05, 0) is 26.2 Å². The van der Waals surface area contributed by atoms with Crippen LogP contribution in [-0.2, 0) is 9.53 Å². The maximum Gasteiger partial charge on any atom is 0.326 e. The molecule has 0 aromatic carbocycles. The first-order chi connectivity index (χ1) is 8.95. The molecule has 2 N–H and O–H groups in total. The summed E-state index contributed by atoms with van der Waals surface area (Å²) in [5.41, 5.74) is 0. The number of ether oxygens (including phenoxy) is 1. The van der Waals surface area contributed by atoms with Gasteiger partial charge in [-0.2, -0.15) is 0 Å². The zero-order valence-electron chi connectivity index (χ0n) is 11.5. The van der Waals surface area contributed by atoms with Crippen LogP contribution in [0.15, 0.2) is 0 Å². The van der Waals surface area contributed by atoms with Crippen molar-refractivity contribution in [3.63, 3.8) is 0 Å². The van der Waals surface area contributed by atoms with Crippen LogP contribution in [0.2, 0.25) is 0 Å². The van der Waals surface area contributed by atoms with Gasteiger partial charge < -0.3 is 20.1 Å². The van der Waals surface area contributed by atoms with Crippen LogP contribution in [0.4, 0.5) is 4.79 Å². The first kappa shape index (κ1) is 14.1. The van der Waals surface area contributed by atoms with E-state index in [2.05, 4.69) is 5.32 Å². The number of hydrogen-bond donors (Lipinski definition) is 2. The molecule has 19 heavy (non-hydrogen) atoms. The van der Waals surface area contributed by atoms with Crippen LogP contribution in [0.1, 0.15) is 33.1 Å². The summed E-state index contributed by atoms with van der Waals surface area (Å²) >= 11 is 0. The number of nitrogens with one attached hydrogen (secondary N) is 1. The number of urea groups is 1. The van der Waals surface area contributed by atoms with E-state index in [1.54, 1.807) is 4.90 Å². The quantitative estimate of drug-likeness (QED) is 0.800. The largest absolute Gasteiger partial charge is 0.480 e. The number of rotatable bonds is 4. The van der Waals surface area contributed by atoms with Crippen LogP contribution < -0.4 is 5.32 Å². The molecule has 6 nitrogen and oxygen atoms in total. The summed E-state index contributed by atoms with van der Waals surface area (Å²) in [5.74, 6) is -0.487. The Balaban J connectivity index is 1.88. The molecule has 0 spiro atoms. The lowest BCUT2D eigenvalue weighted by Gasteiger charge is -2.35. The first-order valence-electron chi connectivity index (χ1n) is 6.89. The van der Waals surface area contributed by atoms with E-state index in [9.17, 15) is 9.59 Å². The van der Waals surface area contributed by atoms with Gasteiger partial charge in [-0.25, -0.2) is 9.59 Å². The van der Waals surface area contributed by atoms with E-state index in [1.807, 2.05) is 13.8 Å². The molecule has 1 aliphatic heterocycles. The third kappa shape index (κ3) is 4.09. The fourth-order valence-electron chi connectivity index (χ4n) is 2.49. The third-order valence-corrected chi connectivity index (χ3v) is 3.57. The lowest BCUT2D eigenvalue weighted by molar-refractivity contribution is -0.139. The molecule has 1 aliphatic carbocycles. The standard InChI is InChI=1S/C13H22N2O4/c1-8-6-15(7-9(2)19-8)13(18)14-11(12(16)17)5-10-3-4-10/h8-11H,3-7H2,1-2H3,(H,14,18)(H,16,17)/t8-,9+,11?. The predicted octanol–water partition coefficient (Wildman–Crippen LogP) is 1.06. The van der Waals surface area contributed by atoms with Crippen molar-refractivity contribution in [2.75, 3.05) is 13.1 Å². The maximum absolute atomic E-state index is 12.1. The van der Waals surface area contributed by atoms with Crippen molar-refractivity contribution in [3.05, 3.63) is 0 Å². The summed E-state index contributed by atoms with van der Waals surface area (Å²) in [6.07, 6.45) is 2.66. The van der Waals surface area contributed by atoms with Gasteiger partial charge in [-0.15, -0.1) is 0 Å². The van der Waals surface area contributed by atoms with E-state index in [-0.39, 0.29) is 18.2 Å². The summed E-state index contributed by atoms with van der Waals surface area (Å²) in [7, 11) is 0. The predicted molar refractivity (Wildman–Crippen MR) is 68.9 cm³/mol. The van der Waals surface area contributed by atoms with Gasteiger partial charge >= 0.3 is 12.0 Å². The number of hydrogen-bond acceptors (Lipinski definition) is 3. The molecule has 2 amide bonds. The Labute approximate surface area is 113 Å². The number of aliphatic carboxylic acids is 1. The van der Waals surface area contributed by atoms with Crippen molar-refractivity contribution in [2.45, 2.75) is 51.4 Å². The van der Waals surface area contributed by atoms with Gasteiger partial charge in [-0.3, -0.25) is 0 Å². The number of carboxylic acid groups (broad SMARTS) is 1. The van der Waals surface area contributed by atoms with Gasteiger partial charge in [-0.1, -0.05) is 12.8 Å². The molecule has 2 rings (SSSR count). The average molecular weight is 270 g/mol. The monoisotopic (exact) mass is 270 g/mol. The van der Waals surface area contributed by atoms with E-state index in [4.69, 9.17) is 9.84 Å². The Bertz CT molecular complexity index is 347. The second-order valence-corrected chi connectivity index (χ2v) is 5.68. The zero-order chi connectivity index (χ0) is 14.0. The van der Waals surface area contributed by atoms with Crippen LogP contribution >= 0.6 is 0 Å². The maximum atomic E-state index is 12.1. The molecule has 1 unspecified atom stereocenters. The zero-order valence-corrected chi connectivity index (χ0v) is 11.5. The lowest BCUT2D eigenvalue weighted by Crippen LogP contribution is -2.54. The van der Waals surface area contributed by atoms with E-state index in [0.29, 0.717) is 25.4 Å². The molecule has 1 saturated carbocycles. The summed E-state index contributed by atoms with van der Waals surface area (Å²) in [5, 5.41) is 11.8. The molecule has 1 heterocycles. The third-order valence-electron chi connectivity index (χ3n) is 3.57. The Kier molecular flexibility index (Phi) is 4.29. The van der Waals surface area contributed by atoms with E-state index < -0.39 is 12.0 Å². The Hall–Kier alpha value is -1.30. The minimum absolute atomic E-state index is 0.0128. The number of carboxylic acids is 1. The van der Waals surface area contributed by atoms with Crippen LogP contribution in [0, 0.1) is 5.92 Å². The van der Waals surface area contributed by atoms with Crippen molar-refractivity contribution in [1.82, 2.24) is 10.2 Å². The van der Waals surface area contributed by atoms with Gasteiger partial charge in [0.15, 0.2) is 0 Å². The molecule has 0 aromatic rings. The van der Waals surface area contributed by atoms with Crippen molar-refractivity contribution in [1.29, 1.82) is 0 Å². The molecule has 0 aromatic heterocycles. The van der Waals surface area contributed by atoms with E-state index >= 15 is 0 Å². The molecule has 0 bridgehead atoms. The minimum atomic E-state index is -0.949. The summed E-state index contributed by atoms with van der Waals surface area (Å²) in [6.45, 7) is 4.83. The highest BCUT2D eigenvalue weighted by Gasteiger charge is 2.32. The molecule has 0 radical (unpaired) electrons. The summed E-state index contributed by atoms with van der Waals surface area (Å²) in [6, 6.07) is -1.07. The fraction of sp³-hybridized carbons (Fsp3) is 0.846. The van der Waals surface area contributed by atoms with Crippen molar-refractivity contribution >= 4 is 12.0 Å². The molecule has 1 saturated heterocycles. The molecular weight excluding hydrogens is 248 g/mol. The van der Waals surface area contributed by atoms with Crippen LogP contribution in [0.5, 0.6) is 0 Å². The van der Waals surface area contributed by atoms with Gasteiger partial charge in [0.05, 0.1) is 12.2 Å². The molecule has 6 heteroatoms. The Morgan fingerprint density at radius 2 is 1.89 bits per heavy atom. The van der Waals surface area contributed by atoms with Crippen LogP contribution in [0.3, 0.4) is 0 Å². The first-order valence-corrected chi connectivity index (χ1v) is 6.89. The van der Waals surface area contributed by atoms with Gasteiger partial charge in [0.25, 0.3) is 0 Å². The number of carbonyl (C=O) groups is 2. The van der Waals surface area contributed by atoms with Gasteiger partial charge in [0, 0.05) is 13.1 Å². The molecule has 2 fully saturated rings. The van der Waals surface area contributed by atoms with E-state index in [1.165, 1.54) is 0 Å². The van der Waals surface area contributed by atoms with Crippen molar-refractivity contribution < 1.29 is 19.4 Å². The Morgan fingerprint density at radius 3 is 2.37 bits per heavy atom. The highest BCUT2D eigenvalue weighted by Crippen LogP contribution is 2.33. The lowest BCUT2D eigenvalue weighted by atomic mass is 10.1. The number of carbonyl (C=O) groups excluding carboxylic acids is 1. The summed E-state index contributed by atoms with van der Waals surface area (Å²) < 4.78 is 5.56. The number of nitrogens with zero attached hydrogens (tertiary/aromatic N) is 1. The highest BCUT2D eigenvalue weighted by atomic mass is 16.5. The summed E-state index contributed by atoms with van der Waals surface area (Å²) in [4.78, 5) is 24.9. The van der Waals surface area contributed by atoms with Crippen LogP contribution in [-0.4, -0.2) is 53.3 Å². The van der Waals surface area contributed by atoms with E-state index in [0.717, 1.165) is 12.8 Å². The molecule has 108 valence electrons. The highest BCUT2D eigenvalue weighted by molar-refractivity contribution is 5.82. The number of morpholine rings is 1. The van der Waals surface area contributed by atoms with Crippen molar-refractivity contribution in [2.24, 2.45) is 5.92 Å². The smallest absolute Gasteiger partial charge is 0.326 e. The second kappa shape index (κ2) is 5.77. The van der Waals surface area contributed by atoms with Crippen LogP contribution in [0.25, 0.3) is 0 Å². The fourth-order valence-corrected chi connectivity index (χ4v) is 2.49. The second-order valence-electron chi connectivity index (χ2n) is 5.68. The molecular formula is C13H22N2O4. The normalized spacial score (nSPS) is 28.8. The van der Waals surface area contributed by atoms with Crippen molar-refractivity contribution in [3.8, 4) is 0 Å². The van der Waals surface area contributed by atoms with Gasteiger partial charge in [0.2, 0.25) is 0 Å². The minimum Gasteiger partial charge on any atom is -0.480 e. The Morgan fingerprint density at radius 1 is 1.32 bits per heavy atom. The molecule has 3 atom stereocenters. The SMILES string of the molecule is C[C@@H]1CN(C(=O)NC(CC2CC2)C(=O)O)C[C@H](C)O1. The number of amides is 2.